The van der Waals surface area contributed by atoms with Gasteiger partial charge in [0, 0.05) is 37.3 Å². The van der Waals surface area contributed by atoms with Crippen molar-refractivity contribution in [1.29, 1.82) is 0 Å². The van der Waals surface area contributed by atoms with Crippen molar-refractivity contribution in [2.45, 2.75) is 18.9 Å². The fourth-order valence-electron chi connectivity index (χ4n) is 3.10. The zero-order chi connectivity index (χ0) is 13.4. The molecule has 1 fully saturated rings. The monoisotopic (exact) mass is 256 g/mol. The summed E-state index contributed by atoms with van der Waals surface area (Å²) in [6, 6.07) is 8.34. The summed E-state index contributed by atoms with van der Waals surface area (Å²) >= 11 is 0. The van der Waals surface area contributed by atoms with Crippen LogP contribution in [-0.4, -0.2) is 30.9 Å². The first-order chi connectivity index (χ1) is 9.15. The number of hydrogen-bond acceptors (Lipinski definition) is 2. The zero-order valence-electron chi connectivity index (χ0n) is 11.5. The molecule has 3 atom stereocenters. The molecule has 0 aromatic heterocycles. The predicted octanol–water partition coefficient (Wildman–Crippen LogP) is 2.76. The summed E-state index contributed by atoms with van der Waals surface area (Å²) in [7, 11) is 3.56. The van der Waals surface area contributed by atoms with Gasteiger partial charge in [0.1, 0.15) is 0 Å². The molecule has 3 unspecified atom stereocenters. The Labute approximate surface area is 114 Å². The van der Waals surface area contributed by atoms with E-state index in [-0.39, 0.29) is 5.91 Å². The number of nitrogens with one attached hydrogen (secondary N) is 1. The van der Waals surface area contributed by atoms with E-state index in [1.54, 1.807) is 19.0 Å². The molecule has 3 heteroatoms. The van der Waals surface area contributed by atoms with Crippen molar-refractivity contribution in [3.63, 3.8) is 0 Å². The average Bonchev–Trinajstić information content (AvgIpc) is 2.77. The van der Waals surface area contributed by atoms with Crippen LogP contribution < -0.4 is 5.32 Å². The summed E-state index contributed by atoms with van der Waals surface area (Å²) in [6.45, 7) is 0. The molecule has 0 bridgehead atoms. The standard InChI is InChI=1S/C16H20N2O/c1-18(2)16(19)12-6-3-7-13(9-12)17-15-10-11-5-4-8-14(11)15/h3-4,6-9,11,14-15,17H,5,10H2,1-2H3. The summed E-state index contributed by atoms with van der Waals surface area (Å²) in [6.07, 6.45) is 7.11. The molecule has 2 aliphatic rings. The van der Waals surface area contributed by atoms with Crippen LogP contribution in [0.25, 0.3) is 0 Å². The van der Waals surface area contributed by atoms with Crippen LogP contribution in [-0.2, 0) is 0 Å². The van der Waals surface area contributed by atoms with Crippen LogP contribution in [0.15, 0.2) is 36.4 Å². The Hall–Kier alpha value is -1.77. The Morgan fingerprint density at radius 3 is 2.95 bits per heavy atom. The third kappa shape index (κ3) is 2.25. The molecule has 0 saturated heterocycles. The molecule has 3 rings (SSSR count). The molecule has 1 aromatic carbocycles. The van der Waals surface area contributed by atoms with E-state index in [0.717, 1.165) is 17.2 Å². The number of anilines is 1. The van der Waals surface area contributed by atoms with Crippen molar-refractivity contribution in [2.75, 3.05) is 19.4 Å². The smallest absolute Gasteiger partial charge is 0.253 e. The van der Waals surface area contributed by atoms with Gasteiger partial charge in [0.2, 0.25) is 0 Å². The minimum absolute atomic E-state index is 0.0518. The highest BCUT2D eigenvalue weighted by Gasteiger charge is 2.40. The number of rotatable bonds is 3. The fraction of sp³-hybridized carbons (Fsp3) is 0.438. The minimum Gasteiger partial charge on any atom is -0.382 e. The van der Waals surface area contributed by atoms with Gasteiger partial charge in [-0.05, 0) is 37.0 Å². The number of carbonyl (C=O) groups excluding carboxylic acids is 1. The third-order valence-corrected chi connectivity index (χ3v) is 4.23. The van der Waals surface area contributed by atoms with Crippen molar-refractivity contribution in [2.24, 2.45) is 11.8 Å². The quantitative estimate of drug-likeness (QED) is 0.843. The van der Waals surface area contributed by atoms with Gasteiger partial charge < -0.3 is 10.2 Å². The first-order valence-corrected chi connectivity index (χ1v) is 6.90. The Balaban J connectivity index is 1.70. The highest BCUT2D eigenvalue weighted by molar-refractivity contribution is 5.94. The molecule has 3 nitrogen and oxygen atoms in total. The third-order valence-electron chi connectivity index (χ3n) is 4.23. The molecule has 0 aliphatic heterocycles. The van der Waals surface area contributed by atoms with E-state index >= 15 is 0 Å². The van der Waals surface area contributed by atoms with Crippen molar-refractivity contribution < 1.29 is 4.79 Å². The van der Waals surface area contributed by atoms with Crippen LogP contribution in [0.5, 0.6) is 0 Å². The van der Waals surface area contributed by atoms with Gasteiger partial charge in [-0.25, -0.2) is 0 Å². The molecule has 2 aliphatic carbocycles. The van der Waals surface area contributed by atoms with Gasteiger partial charge in [-0.2, -0.15) is 0 Å². The summed E-state index contributed by atoms with van der Waals surface area (Å²) in [5, 5.41) is 3.56. The summed E-state index contributed by atoms with van der Waals surface area (Å²) < 4.78 is 0. The Morgan fingerprint density at radius 1 is 1.37 bits per heavy atom. The number of benzene rings is 1. The molecular weight excluding hydrogens is 236 g/mol. The molecule has 0 radical (unpaired) electrons. The summed E-state index contributed by atoms with van der Waals surface area (Å²) in [5.41, 5.74) is 1.80. The molecule has 1 N–H and O–H groups in total. The predicted molar refractivity (Wildman–Crippen MR) is 77.2 cm³/mol. The number of hydrogen-bond donors (Lipinski definition) is 1. The topological polar surface area (TPSA) is 32.3 Å². The van der Waals surface area contributed by atoms with E-state index in [1.165, 1.54) is 12.8 Å². The van der Waals surface area contributed by atoms with Crippen LogP contribution in [0, 0.1) is 11.8 Å². The van der Waals surface area contributed by atoms with Crippen LogP contribution >= 0.6 is 0 Å². The molecule has 1 amide bonds. The molecule has 0 spiro atoms. The highest BCUT2D eigenvalue weighted by atomic mass is 16.2. The average molecular weight is 256 g/mol. The van der Waals surface area contributed by atoms with E-state index in [1.807, 2.05) is 24.3 Å². The van der Waals surface area contributed by atoms with Crippen LogP contribution in [0.4, 0.5) is 5.69 Å². The first kappa shape index (κ1) is 12.3. The molecular formula is C16H20N2O. The maximum Gasteiger partial charge on any atom is 0.253 e. The van der Waals surface area contributed by atoms with Gasteiger partial charge in [-0.15, -0.1) is 0 Å². The Morgan fingerprint density at radius 2 is 2.21 bits per heavy atom. The normalized spacial score (nSPS) is 27.6. The van der Waals surface area contributed by atoms with Gasteiger partial charge in [0.15, 0.2) is 0 Å². The zero-order valence-corrected chi connectivity index (χ0v) is 11.5. The van der Waals surface area contributed by atoms with Crippen molar-refractivity contribution in [3.8, 4) is 0 Å². The molecule has 1 aromatic rings. The molecule has 100 valence electrons. The van der Waals surface area contributed by atoms with E-state index in [2.05, 4.69) is 17.5 Å². The summed E-state index contributed by atoms with van der Waals surface area (Å²) in [5.74, 6) is 1.59. The SMILES string of the molecule is CN(C)C(=O)c1cccc(NC2CC3CC=CC32)c1. The van der Waals surface area contributed by atoms with E-state index < -0.39 is 0 Å². The molecule has 1 saturated carbocycles. The maximum atomic E-state index is 11.9. The van der Waals surface area contributed by atoms with Crippen molar-refractivity contribution >= 4 is 11.6 Å². The lowest BCUT2D eigenvalue weighted by Crippen LogP contribution is -2.43. The molecule has 19 heavy (non-hydrogen) atoms. The van der Waals surface area contributed by atoms with Gasteiger partial charge in [0.05, 0.1) is 0 Å². The first-order valence-electron chi connectivity index (χ1n) is 6.90. The highest BCUT2D eigenvalue weighted by Crippen LogP contribution is 2.44. The Bertz CT molecular complexity index is 521. The number of carbonyl (C=O) groups is 1. The van der Waals surface area contributed by atoms with E-state index in [9.17, 15) is 4.79 Å². The second-order valence-corrected chi connectivity index (χ2v) is 5.77. The van der Waals surface area contributed by atoms with Crippen LogP contribution in [0.1, 0.15) is 23.2 Å². The van der Waals surface area contributed by atoms with Crippen LogP contribution in [0.3, 0.4) is 0 Å². The second kappa shape index (κ2) is 4.72. The Kier molecular flexibility index (Phi) is 3.05. The number of allylic oxidation sites excluding steroid dienone is 1. The lowest BCUT2D eigenvalue weighted by molar-refractivity contribution is 0.0827. The molecule has 0 heterocycles. The number of nitrogens with zero attached hydrogens (tertiary/aromatic N) is 1. The van der Waals surface area contributed by atoms with Crippen molar-refractivity contribution in [3.05, 3.63) is 42.0 Å². The van der Waals surface area contributed by atoms with Gasteiger partial charge in [-0.3, -0.25) is 4.79 Å². The van der Waals surface area contributed by atoms with E-state index in [4.69, 9.17) is 0 Å². The maximum absolute atomic E-state index is 11.9. The summed E-state index contributed by atoms with van der Waals surface area (Å²) in [4.78, 5) is 13.5. The largest absolute Gasteiger partial charge is 0.382 e. The second-order valence-electron chi connectivity index (χ2n) is 5.77. The van der Waals surface area contributed by atoms with Gasteiger partial charge in [0.25, 0.3) is 5.91 Å². The fourth-order valence-corrected chi connectivity index (χ4v) is 3.10. The number of amides is 1. The number of fused-ring (bicyclic) bond motifs is 1. The van der Waals surface area contributed by atoms with Crippen LogP contribution in [0.2, 0.25) is 0 Å². The van der Waals surface area contributed by atoms with Gasteiger partial charge >= 0.3 is 0 Å². The van der Waals surface area contributed by atoms with E-state index in [0.29, 0.717) is 12.0 Å². The lowest BCUT2D eigenvalue weighted by atomic mass is 9.71. The lowest BCUT2D eigenvalue weighted by Gasteiger charge is -2.41. The van der Waals surface area contributed by atoms with Gasteiger partial charge in [-0.1, -0.05) is 18.2 Å². The minimum atomic E-state index is 0.0518. The van der Waals surface area contributed by atoms with Crippen molar-refractivity contribution in [1.82, 2.24) is 4.90 Å².